The van der Waals surface area contributed by atoms with Gasteiger partial charge in [0.1, 0.15) is 17.9 Å². The molecule has 2 aliphatic heterocycles. The van der Waals surface area contributed by atoms with Crippen LogP contribution in [-0.2, 0) is 25.6 Å². The molecule has 0 saturated carbocycles. The summed E-state index contributed by atoms with van der Waals surface area (Å²) in [5.74, 6) is 0.299. The largest absolute Gasteiger partial charge is 0.499 e. The first-order valence-corrected chi connectivity index (χ1v) is 7.58. The van der Waals surface area contributed by atoms with Crippen LogP contribution in [0.3, 0.4) is 0 Å². The van der Waals surface area contributed by atoms with Crippen LogP contribution in [0.5, 0.6) is 0 Å². The maximum Gasteiger partial charge on any atom is 0.163 e. The van der Waals surface area contributed by atoms with Crippen molar-refractivity contribution < 1.29 is 19.0 Å². The lowest BCUT2D eigenvalue weighted by Crippen LogP contribution is -2.48. The van der Waals surface area contributed by atoms with Gasteiger partial charge in [0.2, 0.25) is 0 Å². The SMILES string of the molecule is COC1=CCON(Cc2ccccc2)[C@H]1[C@@H]1COC(C)(C)O1. The molecule has 1 fully saturated rings. The summed E-state index contributed by atoms with van der Waals surface area (Å²) in [5, 5.41) is 1.93. The second kappa shape index (κ2) is 6.38. The van der Waals surface area contributed by atoms with Gasteiger partial charge in [-0.3, -0.25) is 4.84 Å². The van der Waals surface area contributed by atoms with Crippen molar-refractivity contribution >= 4 is 0 Å². The Morgan fingerprint density at radius 3 is 2.68 bits per heavy atom. The summed E-state index contributed by atoms with van der Waals surface area (Å²) in [6.45, 7) is 5.55. The van der Waals surface area contributed by atoms with Crippen molar-refractivity contribution in [3.63, 3.8) is 0 Å². The Labute approximate surface area is 131 Å². The van der Waals surface area contributed by atoms with E-state index in [2.05, 4.69) is 12.1 Å². The fourth-order valence-corrected chi connectivity index (χ4v) is 2.91. The van der Waals surface area contributed by atoms with Crippen molar-refractivity contribution in [1.29, 1.82) is 0 Å². The van der Waals surface area contributed by atoms with E-state index in [1.807, 2.05) is 43.2 Å². The third-order valence-corrected chi connectivity index (χ3v) is 3.93. The second-order valence-corrected chi connectivity index (χ2v) is 5.98. The molecule has 2 heterocycles. The average Bonchev–Trinajstić information content (AvgIpc) is 2.88. The number of hydrogen-bond donors (Lipinski definition) is 0. The molecule has 22 heavy (non-hydrogen) atoms. The molecule has 5 heteroatoms. The highest BCUT2D eigenvalue weighted by atomic mass is 16.8. The lowest BCUT2D eigenvalue weighted by molar-refractivity contribution is -0.223. The van der Waals surface area contributed by atoms with Gasteiger partial charge in [0.05, 0.1) is 26.9 Å². The van der Waals surface area contributed by atoms with E-state index in [0.717, 1.165) is 5.76 Å². The summed E-state index contributed by atoms with van der Waals surface area (Å²) in [6.07, 6.45) is 1.84. The minimum absolute atomic E-state index is 0.110. The van der Waals surface area contributed by atoms with E-state index in [4.69, 9.17) is 19.0 Å². The van der Waals surface area contributed by atoms with Gasteiger partial charge in [-0.2, -0.15) is 5.06 Å². The maximum absolute atomic E-state index is 6.02. The predicted molar refractivity (Wildman–Crippen MR) is 81.7 cm³/mol. The van der Waals surface area contributed by atoms with Crippen molar-refractivity contribution in [3.05, 3.63) is 47.7 Å². The first kappa shape index (κ1) is 15.5. The van der Waals surface area contributed by atoms with Gasteiger partial charge in [-0.25, -0.2) is 0 Å². The fraction of sp³-hybridized carbons (Fsp3) is 0.529. The Balaban J connectivity index is 1.80. The molecule has 1 aromatic carbocycles. The van der Waals surface area contributed by atoms with E-state index >= 15 is 0 Å². The minimum Gasteiger partial charge on any atom is -0.499 e. The molecule has 0 spiro atoms. The van der Waals surface area contributed by atoms with Gasteiger partial charge in [-0.05, 0) is 25.5 Å². The summed E-state index contributed by atoms with van der Waals surface area (Å²) >= 11 is 0. The molecule has 0 aromatic heterocycles. The van der Waals surface area contributed by atoms with Gasteiger partial charge in [-0.15, -0.1) is 0 Å². The molecule has 0 aliphatic carbocycles. The van der Waals surface area contributed by atoms with Crippen LogP contribution in [0.25, 0.3) is 0 Å². The van der Waals surface area contributed by atoms with Crippen LogP contribution >= 0.6 is 0 Å². The molecule has 0 amide bonds. The Kier molecular flexibility index (Phi) is 4.49. The molecule has 3 rings (SSSR count). The molecule has 2 aliphatic rings. The summed E-state index contributed by atoms with van der Waals surface area (Å²) in [4.78, 5) is 5.85. The average molecular weight is 305 g/mol. The van der Waals surface area contributed by atoms with Gasteiger partial charge < -0.3 is 14.2 Å². The lowest BCUT2D eigenvalue weighted by Gasteiger charge is -2.37. The minimum atomic E-state index is -0.570. The lowest BCUT2D eigenvalue weighted by atomic mass is 10.1. The zero-order chi connectivity index (χ0) is 15.6. The number of nitrogens with zero attached hydrogens (tertiary/aromatic N) is 1. The first-order chi connectivity index (χ1) is 10.6. The Morgan fingerprint density at radius 2 is 2.05 bits per heavy atom. The molecule has 2 atom stereocenters. The van der Waals surface area contributed by atoms with Crippen LogP contribution in [0, 0.1) is 0 Å². The van der Waals surface area contributed by atoms with E-state index in [-0.39, 0.29) is 12.1 Å². The van der Waals surface area contributed by atoms with Crippen LogP contribution < -0.4 is 0 Å². The Bertz CT molecular complexity index is 529. The van der Waals surface area contributed by atoms with Gasteiger partial charge in [-0.1, -0.05) is 30.3 Å². The summed E-state index contributed by atoms with van der Waals surface area (Å²) < 4.78 is 17.3. The molecule has 0 bridgehead atoms. The number of rotatable bonds is 4. The van der Waals surface area contributed by atoms with Crippen LogP contribution in [0.2, 0.25) is 0 Å². The molecule has 1 aromatic rings. The molecule has 0 radical (unpaired) electrons. The van der Waals surface area contributed by atoms with Crippen LogP contribution in [0.4, 0.5) is 0 Å². The fourth-order valence-electron chi connectivity index (χ4n) is 2.91. The van der Waals surface area contributed by atoms with Gasteiger partial charge in [0, 0.05) is 0 Å². The summed E-state index contributed by atoms with van der Waals surface area (Å²) in [5.41, 5.74) is 1.18. The zero-order valence-electron chi connectivity index (χ0n) is 13.3. The third kappa shape index (κ3) is 3.33. The van der Waals surface area contributed by atoms with E-state index in [9.17, 15) is 0 Å². The predicted octanol–water partition coefficient (Wildman–Crippen LogP) is 2.48. The number of ether oxygens (including phenoxy) is 3. The molecule has 5 nitrogen and oxygen atoms in total. The molecule has 0 unspecified atom stereocenters. The van der Waals surface area contributed by atoms with E-state index < -0.39 is 5.79 Å². The van der Waals surface area contributed by atoms with E-state index in [1.54, 1.807) is 7.11 Å². The standard InChI is InChI=1S/C17H23NO4/c1-17(2)20-12-15(22-17)16-14(19-3)9-10-21-18(16)11-13-7-5-4-6-8-13/h4-9,15-16H,10-12H2,1-3H3/t15-,16+/m0/s1. The molecular weight excluding hydrogens is 282 g/mol. The van der Waals surface area contributed by atoms with Crippen molar-refractivity contribution in [1.82, 2.24) is 5.06 Å². The second-order valence-electron chi connectivity index (χ2n) is 5.98. The van der Waals surface area contributed by atoms with Crippen molar-refractivity contribution in [2.75, 3.05) is 20.3 Å². The quantitative estimate of drug-likeness (QED) is 0.855. The molecule has 120 valence electrons. The monoisotopic (exact) mass is 305 g/mol. The third-order valence-electron chi connectivity index (χ3n) is 3.93. The van der Waals surface area contributed by atoms with Crippen LogP contribution in [-0.4, -0.2) is 43.3 Å². The molecule has 0 N–H and O–H groups in total. The normalized spacial score (nSPS) is 28.4. The van der Waals surface area contributed by atoms with Gasteiger partial charge in [0.15, 0.2) is 5.79 Å². The Morgan fingerprint density at radius 1 is 1.27 bits per heavy atom. The topological polar surface area (TPSA) is 40.2 Å². The summed E-state index contributed by atoms with van der Waals surface area (Å²) in [6, 6.07) is 10.1. The van der Waals surface area contributed by atoms with Crippen molar-refractivity contribution in [2.45, 2.75) is 38.3 Å². The number of hydrogen-bond acceptors (Lipinski definition) is 5. The Hall–Kier alpha value is -1.40. The maximum atomic E-state index is 6.02. The number of hydroxylamine groups is 2. The molecular formula is C17H23NO4. The van der Waals surface area contributed by atoms with E-state index in [0.29, 0.717) is 19.8 Å². The van der Waals surface area contributed by atoms with Crippen molar-refractivity contribution in [3.8, 4) is 0 Å². The highest BCUT2D eigenvalue weighted by Gasteiger charge is 2.43. The first-order valence-electron chi connectivity index (χ1n) is 7.58. The smallest absolute Gasteiger partial charge is 0.163 e. The zero-order valence-corrected chi connectivity index (χ0v) is 13.3. The van der Waals surface area contributed by atoms with Crippen LogP contribution in [0.15, 0.2) is 42.2 Å². The highest BCUT2D eigenvalue weighted by Crippen LogP contribution is 2.32. The van der Waals surface area contributed by atoms with Crippen LogP contribution in [0.1, 0.15) is 19.4 Å². The highest BCUT2D eigenvalue weighted by molar-refractivity contribution is 5.16. The van der Waals surface area contributed by atoms with Crippen molar-refractivity contribution in [2.24, 2.45) is 0 Å². The molecule has 1 saturated heterocycles. The van der Waals surface area contributed by atoms with Gasteiger partial charge in [0.25, 0.3) is 0 Å². The summed E-state index contributed by atoms with van der Waals surface area (Å²) in [7, 11) is 1.69. The van der Waals surface area contributed by atoms with Gasteiger partial charge >= 0.3 is 0 Å². The number of methoxy groups -OCH3 is 1. The van der Waals surface area contributed by atoms with E-state index in [1.165, 1.54) is 5.56 Å². The number of benzene rings is 1.